The van der Waals surface area contributed by atoms with Crippen LogP contribution < -0.4 is 0 Å². The number of imidazole rings is 1. The molecule has 1 unspecified atom stereocenters. The summed E-state index contributed by atoms with van der Waals surface area (Å²) in [7, 11) is 0. The fourth-order valence-electron chi connectivity index (χ4n) is 2.87. The largest absolute Gasteiger partial charge is 0.435 e. The molecule has 0 N–H and O–H groups in total. The molecule has 1 saturated heterocycles. The maximum atomic E-state index is 13.3. The number of hydrogen-bond acceptors (Lipinski definition) is 3. The van der Waals surface area contributed by atoms with Crippen molar-refractivity contribution in [3.8, 4) is 0 Å². The van der Waals surface area contributed by atoms with Crippen LogP contribution in [0.2, 0.25) is 0 Å². The van der Waals surface area contributed by atoms with Crippen molar-refractivity contribution in [2.75, 3.05) is 6.54 Å². The minimum Gasteiger partial charge on any atom is -0.336 e. The van der Waals surface area contributed by atoms with E-state index in [-0.39, 0.29) is 24.3 Å². The first-order valence-electron chi connectivity index (χ1n) is 7.38. The van der Waals surface area contributed by atoms with Gasteiger partial charge in [-0.15, -0.1) is 0 Å². The molecule has 1 aliphatic rings. The Morgan fingerprint density at radius 1 is 1.36 bits per heavy atom. The van der Waals surface area contributed by atoms with Gasteiger partial charge in [0.05, 0.1) is 17.9 Å². The summed E-state index contributed by atoms with van der Waals surface area (Å²) >= 11 is 0. The Labute approximate surface area is 138 Å². The summed E-state index contributed by atoms with van der Waals surface area (Å²) in [5.74, 6) is -1.21. The maximum Gasteiger partial charge on any atom is 0.435 e. The Balaban J connectivity index is 1.99. The minimum absolute atomic E-state index is 0.00539. The molecule has 2 aromatic rings. The van der Waals surface area contributed by atoms with E-state index in [1.807, 2.05) is 0 Å². The molecule has 0 bridgehead atoms. The van der Waals surface area contributed by atoms with Gasteiger partial charge in [-0.1, -0.05) is 0 Å². The van der Waals surface area contributed by atoms with Gasteiger partial charge in [-0.25, -0.2) is 9.50 Å². The summed E-state index contributed by atoms with van der Waals surface area (Å²) in [6.07, 6.45) is -6.14. The van der Waals surface area contributed by atoms with Crippen molar-refractivity contribution in [2.24, 2.45) is 5.92 Å². The Morgan fingerprint density at radius 3 is 2.72 bits per heavy atom. The minimum atomic E-state index is -4.72. The van der Waals surface area contributed by atoms with Gasteiger partial charge in [0.1, 0.15) is 0 Å². The third kappa shape index (κ3) is 3.47. The number of hydrogen-bond donors (Lipinski definition) is 0. The van der Waals surface area contributed by atoms with E-state index in [1.54, 1.807) is 6.92 Å². The Bertz CT molecular complexity index is 853. The SMILES string of the molecule is Cc1ccc2nc(C(F)(F)F)c(CN3CC(C=C(F)F)CC3=O)n2n1. The summed E-state index contributed by atoms with van der Waals surface area (Å²) in [6.45, 7) is 1.14. The van der Waals surface area contributed by atoms with E-state index in [1.165, 1.54) is 12.1 Å². The molecule has 0 saturated carbocycles. The van der Waals surface area contributed by atoms with E-state index in [0.717, 1.165) is 9.42 Å². The molecule has 2 aromatic heterocycles. The maximum absolute atomic E-state index is 13.3. The number of halogens is 5. The van der Waals surface area contributed by atoms with Crippen LogP contribution in [-0.2, 0) is 17.5 Å². The first kappa shape index (κ1) is 17.3. The van der Waals surface area contributed by atoms with Crippen LogP contribution in [0.4, 0.5) is 22.0 Å². The Kier molecular flexibility index (Phi) is 4.21. The van der Waals surface area contributed by atoms with Crippen molar-refractivity contribution < 1.29 is 26.7 Å². The molecule has 1 atom stereocenters. The van der Waals surface area contributed by atoms with Gasteiger partial charge >= 0.3 is 6.18 Å². The lowest BCUT2D eigenvalue weighted by molar-refractivity contribution is -0.142. The normalized spacial score (nSPS) is 18.2. The van der Waals surface area contributed by atoms with Crippen molar-refractivity contribution in [3.63, 3.8) is 0 Å². The molecule has 1 aliphatic heterocycles. The smallest absolute Gasteiger partial charge is 0.336 e. The molecule has 25 heavy (non-hydrogen) atoms. The Hall–Kier alpha value is -2.52. The number of likely N-dealkylation sites (tertiary alicyclic amines) is 1. The molecule has 5 nitrogen and oxygen atoms in total. The average molecular weight is 360 g/mol. The van der Waals surface area contributed by atoms with Crippen LogP contribution in [0.3, 0.4) is 0 Å². The van der Waals surface area contributed by atoms with E-state index in [0.29, 0.717) is 11.8 Å². The lowest BCUT2D eigenvalue weighted by Gasteiger charge is -2.17. The topological polar surface area (TPSA) is 50.5 Å². The van der Waals surface area contributed by atoms with Gasteiger partial charge in [-0.05, 0) is 25.1 Å². The third-order valence-corrected chi connectivity index (χ3v) is 3.92. The van der Waals surface area contributed by atoms with Crippen molar-refractivity contribution in [1.82, 2.24) is 19.5 Å². The second-order valence-electron chi connectivity index (χ2n) is 5.84. The van der Waals surface area contributed by atoms with Gasteiger partial charge in [-0.2, -0.15) is 27.1 Å². The highest BCUT2D eigenvalue weighted by molar-refractivity contribution is 5.79. The summed E-state index contributed by atoms with van der Waals surface area (Å²) in [5, 5.41) is 4.03. The van der Waals surface area contributed by atoms with E-state index in [9.17, 15) is 26.7 Å². The van der Waals surface area contributed by atoms with Crippen LogP contribution in [0.5, 0.6) is 0 Å². The van der Waals surface area contributed by atoms with Crippen LogP contribution in [0.1, 0.15) is 23.5 Å². The van der Waals surface area contributed by atoms with Gasteiger partial charge in [0.15, 0.2) is 11.3 Å². The van der Waals surface area contributed by atoms with Gasteiger partial charge < -0.3 is 4.90 Å². The van der Waals surface area contributed by atoms with Gasteiger partial charge in [0, 0.05) is 18.9 Å². The quantitative estimate of drug-likeness (QED) is 0.790. The zero-order valence-electron chi connectivity index (χ0n) is 13.0. The third-order valence-electron chi connectivity index (χ3n) is 3.92. The highest BCUT2D eigenvalue weighted by atomic mass is 19.4. The molecule has 3 heterocycles. The first-order valence-corrected chi connectivity index (χ1v) is 7.38. The molecular weight excluding hydrogens is 347 g/mol. The van der Waals surface area contributed by atoms with E-state index in [2.05, 4.69) is 10.1 Å². The zero-order valence-corrected chi connectivity index (χ0v) is 13.0. The standard InChI is InChI=1S/C15H13F5N4O/c1-8-2-3-12-21-14(15(18,19)20)10(24(12)22-8)7-23-6-9(4-11(16)17)5-13(23)25/h2-4,9H,5-7H2,1H3. The molecule has 0 radical (unpaired) electrons. The fourth-order valence-corrected chi connectivity index (χ4v) is 2.87. The lowest BCUT2D eigenvalue weighted by atomic mass is 10.1. The monoisotopic (exact) mass is 360 g/mol. The van der Waals surface area contributed by atoms with Crippen molar-refractivity contribution in [3.05, 3.63) is 41.4 Å². The van der Waals surface area contributed by atoms with Crippen molar-refractivity contribution >= 4 is 11.6 Å². The number of rotatable bonds is 3. The van der Waals surface area contributed by atoms with Crippen LogP contribution in [-0.4, -0.2) is 31.9 Å². The summed E-state index contributed by atoms with van der Waals surface area (Å²) in [5.41, 5.74) is -0.933. The number of carbonyl (C=O) groups is 1. The molecule has 0 aliphatic carbocycles. The van der Waals surface area contributed by atoms with Gasteiger partial charge in [0.25, 0.3) is 6.08 Å². The highest BCUT2D eigenvalue weighted by Crippen LogP contribution is 2.33. The number of aromatic nitrogens is 3. The molecular formula is C15H13F5N4O. The second-order valence-corrected chi connectivity index (χ2v) is 5.84. The van der Waals surface area contributed by atoms with Crippen molar-refractivity contribution in [2.45, 2.75) is 26.1 Å². The van der Waals surface area contributed by atoms with Crippen LogP contribution in [0, 0.1) is 12.8 Å². The van der Waals surface area contributed by atoms with E-state index in [4.69, 9.17) is 0 Å². The van der Waals surface area contributed by atoms with Crippen molar-refractivity contribution in [1.29, 1.82) is 0 Å². The van der Waals surface area contributed by atoms with Gasteiger partial charge in [-0.3, -0.25) is 4.79 Å². The summed E-state index contributed by atoms with van der Waals surface area (Å²) in [4.78, 5) is 16.7. The van der Waals surface area contributed by atoms with Gasteiger partial charge in [0.2, 0.25) is 5.91 Å². The molecule has 0 spiro atoms. The first-order chi connectivity index (χ1) is 11.6. The van der Waals surface area contributed by atoms with Crippen LogP contribution >= 0.6 is 0 Å². The highest BCUT2D eigenvalue weighted by Gasteiger charge is 2.40. The van der Waals surface area contributed by atoms with E-state index < -0.39 is 36.3 Å². The van der Waals surface area contributed by atoms with Crippen LogP contribution in [0.15, 0.2) is 24.3 Å². The number of alkyl halides is 3. The van der Waals surface area contributed by atoms with Crippen LogP contribution in [0.25, 0.3) is 5.65 Å². The fraction of sp³-hybridized carbons (Fsp3) is 0.400. The predicted octanol–water partition coefficient (Wildman–Crippen LogP) is 3.19. The number of amides is 1. The molecule has 10 heteroatoms. The molecule has 134 valence electrons. The number of carbonyl (C=O) groups excluding carboxylic acids is 1. The number of aryl methyl sites for hydroxylation is 1. The summed E-state index contributed by atoms with van der Waals surface area (Å²) < 4.78 is 65.6. The summed E-state index contributed by atoms with van der Waals surface area (Å²) in [6, 6.07) is 2.93. The zero-order chi connectivity index (χ0) is 18.4. The molecule has 1 fully saturated rings. The second kappa shape index (κ2) is 6.08. The average Bonchev–Trinajstić information content (AvgIpc) is 3.00. The molecule has 0 aromatic carbocycles. The van der Waals surface area contributed by atoms with E-state index >= 15 is 0 Å². The predicted molar refractivity (Wildman–Crippen MR) is 76.5 cm³/mol. The Morgan fingerprint density at radius 2 is 2.08 bits per heavy atom. The lowest BCUT2D eigenvalue weighted by Crippen LogP contribution is -2.27. The molecule has 3 rings (SSSR count). The molecule has 1 amide bonds. The number of fused-ring (bicyclic) bond motifs is 1. The number of nitrogens with zero attached hydrogens (tertiary/aromatic N) is 4.